The van der Waals surface area contributed by atoms with Crippen molar-refractivity contribution in [1.82, 2.24) is 9.97 Å². The van der Waals surface area contributed by atoms with Gasteiger partial charge in [0.25, 0.3) is 0 Å². The van der Waals surface area contributed by atoms with Crippen LogP contribution in [0.1, 0.15) is 24.0 Å². The molecule has 0 bridgehead atoms. The van der Waals surface area contributed by atoms with Gasteiger partial charge in [-0.15, -0.1) is 0 Å². The quantitative estimate of drug-likeness (QED) is 0.855. The zero-order valence-electron chi connectivity index (χ0n) is 12.3. The van der Waals surface area contributed by atoms with Gasteiger partial charge in [-0.2, -0.15) is 0 Å². The summed E-state index contributed by atoms with van der Waals surface area (Å²) < 4.78 is 0. The molecule has 0 atom stereocenters. The number of benzene rings is 1. The molecule has 3 nitrogen and oxygen atoms in total. The molecule has 0 spiro atoms. The van der Waals surface area contributed by atoms with Crippen molar-refractivity contribution >= 4 is 29.6 Å². The SMILES string of the molecule is Cc1cc(N2CC(C)C2)nc(C=Cc2cccc(Cl)c2)n1. The minimum Gasteiger partial charge on any atom is -0.356 e. The average molecular weight is 300 g/mol. The van der Waals surface area contributed by atoms with Crippen molar-refractivity contribution in [2.24, 2.45) is 5.92 Å². The van der Waals surface area contributed by atoms with Crippen LogP contribution in [0.3, 0.4) is 0 Å². The normalized spacial score (nSPS) is 15.5. The lowest BCUT2D eigenvalue weighted by Crippen LogP contribution is -2.45. The van der Waals surface area contributed by atoms with E-state index >= 15 is 0 Å². The second-order valence-corrected chi connectivity index (χ2v) is 6.06. The van der Waals surface area contributed by atoms with Crippen LogP contribution in [0.5, 0.6) is 0 Å². The summed E-state index contributed by atoms with van der Waals surface area (Å²) in [7, 11) is 0. The second-order valence-electron chi connectivity index (χ2n) is 5.62. The number of anilines is 1. The Labute approximate surface area is 130 Å². The molecule has 4 heteroatoms. The molecule has 2 heterocycles. The summed E-state index contributed by atoms with van der Waals surface area (Å²) in [6.45, 7) is 6.41. The second kappa shape index (κ2) is 5.86. The number of hydrogen-bond acceptors (Lipinski definition) is 3. The summed E-state index contributed by atoms with van der Waals surface area (Å²) in [5, 5.41) is 0.734. The van der Waals surface area contributed by atoms with E-state index in [4.69, 9.17) is 11.6 Å². The van der Waals surface area contributed by atoms with Crippen molar-refractivity contribution in [3.05, 3.63) is 52.4 Å². The van der Waals surface area contributed by atoms with Gasteiger partial charge in [0.05, 0.1) is 0 Å². The van der Waals surface area contributed by atoms with Gasteiger partial charge < -0.3 is 4.90 Å². The molecule has 1 aliphatic rings. The van der Waals surface area contributed by atoms with Gasteiger partial charge in [-0.25, -0.2) is 9.97 Å². The lowest BCUT2D eigenvalue weighted by atomic mass is 10.0. The van der Waals surface area contributed by atoms with E-state index in [-0.39, 0.29) is 0 Å². The summed E-state index contributed by atoms with van der Waals surface area (Å²) in [6, 6.07) is 9.78. The van der Waals surface area contributed by atoms with Gasteiger partial charge in [-0.05, 0) is 36.6 Å². The van der Waals surface area contributed by atoms with E-state index in [0.29, 0.717) is 0 Å². The molecular formula is C17H18ClN3. The Morgan fingerprint density at radius 3 is 2.71 bits per heavy atom. The van der Waals surface area contributed by atoms with E-state index in [2.05, 4.69) is 21.8 Å². The Morgan fingerprint density at radius 2 is 2.00 bits per heavy atom. The largest absolute Gasteiger partial charge is 0.356 e. The topological polar surface area (TPSA) is 29.0 Å². The lowest BCUT2D eigenvalue weighted by Gasteiger charge is -2.38. The molecule has 21 heavy (non-hydrogen) atoms. The first-order chi connectivity index (χ1) is 10.1. The van der Waals surface area contributed by atoms with Crippen LogP contribution < -0.4 is 4.90 Å². The maximum absolute atomic E-state index is 5.99. The van der Waals surface area contributed by atoms with Crippen molar-refractivity contribution in [3.63, 3.8) is 0 Å². The molecule has 0 N–H and O–H groups in total. The molecule has 1 saturated heterocycles. The van der Waals surface area contributed by atoms with Crippen molar-refractivity contribution in [2.75, 3.05) is 18.0 Å². The van der Waals surface area contributed by atoms with E-state index in [0.717, 1.165) is 46.9 Å². The van der Waals surface area contributed by atoms with Crippen molar-refractivity contribution < 1.29 is 0 Å². The highest BCUT2D eigenvalue weighted by Gasteiger charge is 2.23. The molecule has 1 aromatic carbocycles. The minimum atomic E-state index is 0.734. The van der Waals surface area contributed by atoms with Gasteiger partial charge >= 0.3 is 0 Å². The van der Waals surface area contributed by atoms with Crippen LogP contribution >= 0.6 is 11.6 Å². The van der Waals surface area contributed by atoms with Crippen LogP contribution in [0.15, 0.2) is 30.3 Å². The minimum absolute atomic E-state index is 0.734. The number of aromatic nitrogens is 2. The smallest absolute Gasteiger partial charge is 0.154 e. The predicted molar refractivity (Wildman–Crippen MR) is 88.5 cm³/mol. The fourth-order valence-electron chi connectivity index (χ4n) is 2.48. The molecule has 1 aliphatic heterocycles. The summed E-state index contributed by atoms with van der Waals surface area (Å²) >= 11 is 5.99. The van der Waals surface area contributed by atoms with Gasteiger partial charge in [0.1, 0.15) is 5.82 Å². The van der Waals surface area contributed by atoms with E-state index in [1.165, 1.54) is 0 Å². The first-order valence-corrected chi connectivity index (χ1v) is 7.52. The van der Waals surface area contributed by atoms with Crippen molar-refractivity contribution in [3.8, 4) is 0 Å². The third-order valence-corrected chi connectivity index (χ3v) is 3.75. The Bertz CT molecular complexity index is 675. The zero-order chi connectivity index (χ0) is 14.8. The van der Waals surface area contributed by atoms with Gasteiger partial charge in [-0.1, -0.05) is 36.7 Å². The van der Waals surface area contributed by atoms with Crippen LogP contribution in [0.2, 0.25) is 5.02 Å². The molecule has 0 aliphatic carbocycles. The van der Waals surface area contributed by atoms with Crippen molar-refractivity contribution in [2.45, 2.75) is 13.8 Å². The van der Waals surface area contributed by atoms with E-state index in [9.17, 15) is 0 Å². The first kappa shape index (κ1) is 14.1. The standard InChI is InChI=1S/C17H18ClN3/c1-12-10-21(11-12)17-8-13(2)19-16(20-17)7-6-14-4-3-5-15(18)9-14/h3-9,12H,10-11H2,1-2H3. The fourth-order valence-corrected chi connectivity index (χ4v) is 2.68. The Morgan fingerprint density at radius 1 is 1.19 bits per heavy atom. The van der Waals surface area contributed by atoms with E-state index in [1.807, 2.05) is 49.4 Å². The van der Waals surface area contributed by atoms with Crippen LogP contribution in [0.4, 0.5) is 5.82 Å². The van der Waals surface area contributed by atoms with Crippen LogP contribution in [-0.4, -0.2) is 23.1 Å². The van der Waals surface area contributed by atoms with E-state index in [1.54, 1.807) is 0 Å². The zero-order valence-corrected chi connectivity index (χ0v) is 13.0. The fraction of sp³-hybridized carbons (Fsp3) is 0.294. The number of nitrogens with zero attached hydrogens (tertiary/aromatic N) is 3. The number of hydrogen-bond donors (Lipinski definition) is 0. The van der Waals surface area contributed by atoms with Gasteiger partial charge in [0.15, 0.2) is 5.82 Å². The third kappa shape index (κ3) is 3.42. The summed E-state index contributed by atoms with van der Waals surface area (Å²) in [5.41, 5.74) is 2.04. The molecule has 2 aromatic rings. The summed E-state index contributed by atoms with van der Waals surface area (Å²) in [6.07, 6.45) is 3.93. The highest BCUT2D eigenvalue weighted by molar-refractivity contribution is 6.30. The van der Waals surface area contributed by atoms with Crippen LogP contribution in [0.25, 0.3) is 12.2 Å². The van der Waals surface area contributed by atoms with Crippen LogP contribution in [0, 0.1) is 12.8 Å². The molecule has 1 aromatic heterocycles. The lowest BCUT2D eigenvalue weighted by molar-refractivity contribution is 0.443. The summed E-state index contributed by atoms with van der Waals surface area (Å²) in [5.74, 6) is 2.52. The molecule has 0 radical (unpaired) electrons. The molecule has 0 saturated carbocycles. The molecule has 0 amide bonds. The Balaban J connectivity index is 1.82. The highest BCUT2D eigenvalue weighted by atomic mass is 35.5. The third-order valence-electron chi connectivity index (χ3n) is 3.52. The van der Waals surface area contributed by atoms with Crippen LogP contribution in [-0.2, 0) is 0 Å². The maximum Gasteiger partial charge on any atom is 0.154 e. The maximum atomic E-state index is 5.99. The first-order valence-electron chi connectivity index (χ1n) is 7.14. The number of halogens is 1. The molecular weight excluding hydrogens is 282 g/mol. The molecule has 1 fully saturated rings. The monoisotopic (exact) mass is 299 g/mol. The van der Waals surface area contributed by atoms with E-state index < -0.39 is 0 Å². The van der Waals surface area contributed by atoms with Gasteiger partial charge in [0.2, 0.25) is 0 Å². The molecule has 3 rings (SSSR count). The average Bonchev–Trinajstić information content (AvgIpc) is 2.41. The molecule has 0 unspecified atom stereocenters. The Hall–Kier alpha value is -1.87. The Kier molecular flexibility index (Phi) is 3.93. The van der Waals surface area contributed by atoms with Gasteiger partial charge in [-0.3, -0.25) is 0 Å². The van der Waals surface area contributed by atoms with Crippen molar-refractivity contribution in [1.29, 1.82) is 0 Å². The molecule has 108 valence electrons. The number of aryl methyl sites for hydroxylation is 1. The predicted octanol–water partition coefficient (Wildman–Crippen LogP) is 4.06. The summed E-state index contributed by atoms with van der Waals surface area (Å²) in [4.78, 5) is 11.4. The highest BCUT2D eigenvalue weighted by Crippen LogP contribution is 2.23. The van der Waals surface area contributed by atoms with Gasteiger partial charge in [0, 0.05) is 29.9 Å². The number of rotatable bonds is 3.